The van der Waals surface area contributed by atoms with Crippen LogP contribution in [0.15, 0.2) is 65.8 Å². The molecule has 6 nitrogen and oxygen atoms in total. The lowest BCUT2D eigenvalue weighted by atomic mass is 10.1. The van der Waals surface area contributed by atoms with Crippen molar-refractivity contribution in [1.29, 1.82) is 0 Å². The van der Waals surface area contributed by atoms with Gasteiger partial charge < -0.3 is 10.2 Å². The average molecular weight is 528 g/mol. The van der Waals surface area contributed by atoms with Crippen LogP contribution in [0.3, 0.4) is 0 Å². The highest BCUT2D eigenvalue weighted by Gasteiger charge is 2.22. The van der Waals surface area contributed by atoms with Gasteiger partial charge in [-0.05, 0) is 55.9 Å². The van der Waals surface area contributed by atoms with Crippen LogP contribution in [-0.4, -0.2) is 60.0 Å². The van der Waals surface area contributed by atoms with Crippen molar-refractivity contribution in [3.05, 3.63) is 88.6 Å². The van der Waals surface area contributed by atoms with Crippen LogP contribution in [0.2, 0.25) is 0 Å². The molecule has 1 aromatic heterocycles. The summed E-state index contributed by atoms with van der Waals surface area (Å²) in [7, 11) is 0. The van der Waals surface area contributed by atoms with E-state index in [2.05, 4.69) is 71.4 Å². The first-order valence-electron chi connectivity index (χ1n) is 13.6. The number of hydrogen-bond acceptors (Lipinski definition) is 6. The number of benzene rings is 2. The first-order valence-corrected chi connectivity index (χ1v) is 14.6. The number of anilines is 1. The molecule has 5 rings (SSSR count). The molecule has 38 heavy (non-hydrogen) atoms. The molecule has 7 heteroatoms. The number of piperazine rings is 1. The molecule has 2 heterocycles. The number of amides is 1. The summed E-state index contributed by atoms with van der Waals surface area (Å²) in [6.45, 7) is 9.88. The fraction of sp³-hybridized carbons (Fsp3) is 0.387. The molecular formula is C31H37N5OS. The Kier molecular flexibility index (Phi) is 8.76. The van der Waals surface area contributed by atoms with Crippen molar-refractivity contribution in [3.63, 3.8) is 0 Å². The fourth-order valence-electron chi connectivity index (χ4n) is 4.62. The van der Waals surface area contributed by atoms with Crippen LogP contribution in [0.25, 0.3) is 6.08 Å². The zero-order valence-electron chi connectivity index (χ0n) is 22.4. The monoisotopic (exact) mass is 527 g/mol. The third kappa shape index (κ3) is 7.23. The molecule has 1 saturated heterocycles. The molecule has 1 aliphatic heterocycles. The van der Waals surface area contributed by atoms with Gasteiger partial charge in [0.15, 0.2) is 5.16 Å². The lowest BCUT2D eigenvalue weighted by Gasteiger charge is -2.35. The second kappa shape index (κ2) is 12.6. The number of rotatable bonds is 10. The Balaban J connectivity index is 1.16. The maximum absolute atomic E-state index is 12.5. The maximum atomic E-state index is 12.5. The zero-order chi connectivity index (χ0) is 26.3. The number of aromatic nitrogens is 2. The van der Waals surface area contributed by atoms with Crippen molar-refractivity contribution in [2.24, 2.45) is 5.92 Å². The number of carbonyl (C=O) groups is 1. The first kappa shape index (κ1) is 26.4. The summed E-state index contributed by atoms with van der Waals surface area (Å²) >= 11 is 1.63. The standard InChI is InChI=1S/C31H37N5OS/c1-23-24(2)33-31(38-22-27-10-6-12-28(20-27)30(37)32-21-26-13-14-26)34-29(23)36-18-16-35(17-19-36)15-7-11-25-8-4-3-5-9-25/h3-12,20,26H,13-19,21-22H2,1-2H3,(H,32,37)/b11-7+. The predicted molar refractivity (Wildman–Crippen MR) is 157 cm³/mol. The van der Waals surface area contributed by atoms with Crippen LogP contribution in [0.5, 0.6) is 0 Å². The normalized spacial score (nSPS) is 16.2. The third-order valence-electron chi connectivity index (χ3n) is 7.29. The van der Waals surface area contributed by atoms with Gasteiger partial charge in [-0.2, -0.15) is 0 Å². The Hall–Kier alpha value is -3.16. The number of carbonyl (C=O) groups excluding carboxylic acids is 1. The Morgan fingerprint density at radius 1 is 1.03 bits per heavy atom. The minimum Gasteiger partial charge on any atom is -0.354 e. The lowest BCUT2D eigenvalue weighted by Crippen LogP contribution is -2.47. The Morgan fingerprint density at radius 3 is 2.58 bits per heavy atom. The summed E-state index contributed by atoms with van der Waals surface area (Å²) in [5.74, 6) is 2.47. The van der Waals surface area contributed by atoms with Gasteiger partial charge in [-0.25, -0.2) is 9.97 Å². The Bertz CT molecular complexity index is 1270. The molecular weight excluding hydrogens is 490 g/mol. The first-order chi connectivity index (χ1) is 18.5. The number of hydrogen-bond donors (Lipinski definition) is 1. The van der Waals surface area contributed by atoms with E-state index in [0.717, 1.165) is 78.4 Å². The van der Waals surface area contributed by atoms with Crippen LogP contribution < -0.4 is 10.2 Å². The second-order valence-electron chi connectivity index (χ2n) is 10.3. The Morgan fingerprint density at radius 2 is 1.82 bits per heavy atom. The molecule has 2 aromatic carbocycles. The van der Waals surface area contributed by atoms with Crippen molar-refractivity contribution in [2.75, 3.05) is 44.2 Å². The van der Waals surface area contributed by atoms with Gasteiger partial charge in [-0.3, -0.25) is 9.69 Å². The van der Waals surface area contributed by atoms with Crippen LogP contribution in [0.4, 0.5) is 5.82 Å². The van der Waals surface area contributed by atoms with E-state index in [9.17, 15) is 4.79 Å². The summed E-state index contributed by atoms with van der Waals surface area (Å²) in [4.78, 5) is 27.1. The number of thioether (sulfide) groups is 1. The smallest absolute Gasteiger partial charge is 0.251 e. The predicted octanol–water partition coefficient (Wildman–Crippen LogP) is 5.36. The lowest BCUT2D eigenvalue weighted by molar-refractivity contribution is 0.0951. The van der Waals surface area contributed by atoms with Gasteiger partial charge >= 0.3 is 0 Å². The SMILES string of the molecule is Cc1nc(SCc2cccc(C(=O)NCC3CC3)c2)nc(N2CCN(C/C=C/c3ccccc3)CC2)c1C. The summed E-state index contributed by atoms with van der Waals surface area (Å²) in [5, 5.41) is 3.85. The molecule has 3 aromatic rings. The highest BCUT2D eigenvalue weighted by molar-refractivity contribution is 7.98. The van der Waals surface area contributed by atoms with Crippen LogP contribution in [-0.2, 0) is 5.75 Å². The molecule has 0 spiro atoms. The molecule has 2 fully saturated rings. The summed E-state index contributed by atoms with van der Waals surface area (Å²) in [5.41, 5.74) is 5.25. The molecule has 1 saturated carbocycles. The molecule has 0 radical (unpaired) electrons. The van der Waals surface area contributed by atoms with E-state index in [1.54, 1.807) is 11.8 Å². The maximum Gasteiger partial charge on any atom is 0.251 e. The van der Waals surface area contributed by atoms with Crippen molar-refractivity contribution in [1.82, 2.24) is 20.2 Å². The minimum absolute atomic E-state index is 0.0168. The van der Waals surface area contributed by atoms with Crippen LogP contribution in [0.1, 0.15) is 45.6 Å². The van der Waals surface area contributed by atoms with E-state index in [0.29, 0.717) is 5.92 Å². The van der Waals surface area contributed by atoms with E-state index >= 15 is 0 Å². The quantitative estimate of drug-likeness (QED) is 0.283. The second-order valence-corrected chi connectivity index (χ2v) is 11.2. The van der Waals surface area contributed by atoms with E-state index in [1.165, 1.54) is 18.4 Å². The van der Waals surface area contributed by atoms with Gasteiger partial charge in [0.2, 0.25) is 0 Å². The minimum atomic E-state index is 0.0168. The highest BCUT2D eigenvalue weighted by Crippen LogP contribution is 2.28. The molecule has 0 unspecified atom stereocenters. The molecule has 1 aliphatic carbocycles. The van der Waals surface area contributed by atoms with Crippen LogP contribution in [0, 0.1) is 19.8 Å². The van der Waals surface area contributed by atoms with Crippen molar-refractivity contribution < 1.29 is 4.79 Å². The van der Waals surface area contributed by atoms with E-state index in [1.807, 2.05) is 24.3 Å². The van der Waals surface area contributed by atoms with E-state index in [4.69, 9.17) is 9.97 Å². The topological polar surface area (TPSA) is 61.4 Å². The van der Waals surface area contributed by atoms with Crippen LogP contribution >= 0.6 is 11.8 Å². The molecule has 198 valence electrons. The number of aryl methyl sites for hydroxylation is 1. The Labute approximate surface area is 230 Å². The largest absolute Gasteiger partial charge is 0.354 e. The van der Waals surface area contributed by atoms with Crippen molar-refractivity contribution >= 4 is 29.6 Å². The van der Waals surface area contributed by atoms with Gasteiger partial charge in [0.25, 0.3) is 5.91 Å². The number of nitrogens with zero attached hydrogens (tertiary/aromatic N) is 4. The summed E-state index contributed by atoms with van der Waals surface area (Å²) in [6.07, 6.45) is 6.92. The average Bonchev–Trinajstić information content (AvgIpc) is 3.78. The van der Waals surface area contributed by atoms with Gasteiger partial charge in [0.05, 0.1) is 0 Å². The summed E-state index contributed by atoms with van der Waals surface area (Å²) in [6, 6.07) is 18.4. The fourth-order valence-corrected chi connectivity index (χ4v) is 5.44. The van der Waals surface area contributed by atoms with Crippen molar-refractivity contribution in [3.8, 4) is 0 Å². The van der Waals surface area contributed by atoms with E-state index in [-0.39, 0.29) is 5.91 Å². The van der Waals surface area contributed by atoms with Gasteiger partial charge in [0.1, 0.15) is 5.82 Å². The molecule has 1 N–H and O–H groups in total. The van der Waals surface area contributed by atoms with E-state index < -0.39 is 0 Å². The van der Waals surface area contributed by atoms with Gasteiger partial charge in [-0.15, -0.1) is 0 Å². The zero-order valence-corrected chi connectivity index (χ0v) is 23.2. The van der Waals surface area contributed by atoms with Gasteiger partial charge in [-0.1, -0.05) is 66.4 Å². The molecule has 0 atom stereocenters. The van der Waals surface area contributed by atoms with Crippen molar-refractivity contribution in [2.45, 2.75) is 37.6 Å². The third-order valence-corrected chi connectivity index (χ3v) is 8.21. The number of nitrogens with one attached hydrogen (secondary N) is 1. The highest BCUT2D eigenvalue weighted by atomic mass is 32.2. The molecule has 2 aliphatic rings. The molecule has 0 bridgehead atoms. The van der Waals surface area contributed by atoms with Gasteiger partial charge in [0, 0.05) is 61.8 Å². The summed E-state index contributed by atoms with van der Waals surface area (Å²) < 4.78 is 0. The molecule has 1 amide bonds.